The van der Waals surface area contributed by atoms with Gasteiger partial charge >= 0.3 is 0 Å². The Morgan fingerprint density at radius 2 is 2.08 bits per heavy atom. The highest BCUT2D eigenvalue weighted by Crippen LogP contribution is 2.16. The highest BCUT2D eigenvalue weighted by molar-refractivity contribution is 5.80. The Morgan fingerprint density at radius 1 is 1.27 bits per heavy atom. The number of nitrogens with one attached hydrogen (secondary N) is 1. The van der Waals surface area contributed by atoms with Gasteiger partial charge in [-0.15, -0.1) is 0 Å². The zero-order valence-corrected chi connectivity index (χ0v) is 15.7. The number of hydrogen-bond donors (Lipinski definition) is 1. The molecule has 1 aromatic heterocycles. The van der Waals surface area contributed by atoms with E-state index < -0.39 is 0 Å². The first-order valence-corrected chi connectivity index (χ1v) is 8.89. The number of piperazine rings is 1. The van der Waals surface area contributed by atoms with Gasteiger partial charge in [-0.05, 0) is 30.2 Å². The van der Waals surface area contributed by atoms with Crippen LogP contribution in [0.25, 0.3) is 0 Å². The van der Waals surface area contributed by atoms with Gasteiger partial charge < -0.3 is 19.5 Å². The van der Waals surface area contributed by atoms with E-state index in [0.717, 1.165) is 56.7 Å². The minimum absolute atomic E-state index is 0.726. The number of aliphatic imine (C=N–C) groups is 1. The van der Waals surface area contributed by atoms with E-state index in [1.54, 1.807) is 13.4 Å². The Bertz CT molecular complexity index is 722. The zero-order valence-electron chi connectivity index (χ0n) is 15.7. The van der Waals surface area contributed by atoms with E-state index in [9.17, 15) is 0 Å². The fraction of sp³-hybridized carbons (Fsp3) is 0.474. The Hall–Kier alpha value is -2.54. The van der Waals surface area contributed by atoms with E-state index >= 15 is 0 Å². The number of nitrogens with zero attached hydrogens (tertiary/aromatic N) is 4. The molecule has 1 aliphatic heterocycles. The number of rotatable bonds is 5. The lowest BCUT2D eigenvalue weighted by molar-refractivity contribution is 0.169. The summed E-state index contributed by atoms with van der Waals surface area (Å²) < 4.78 is 10.3. The molecular formula is C19H27N5O2. The van der Waals surface area contributed by atoms with Gasteiger partial charge in [0.05, 0.1) is 12.8 Å². The van der Waals surface area contributed by atoms with Crippen molar-refractivity contribution in [2.75, 3.05) is 40.3 Å². The highest BCUT2D eigenvalue weighted by Gasteiger charge is 2.20. The number of methoxy groups -OCH3 is 1. The molecule has 1 N–H and O–H groups in total. The Labute approximate surface area is 154 Å². The molecule has 3 rings (SSSR count). The van der Waals surface area contributed by atoms with Crippen LogP contribution >= 0.6 is 0 Å². The molecular weight excluding hydrogens is 330 g/mol. The lowest BCUT2D eigenvalue weighted by atomic mass is 10.1. The van der Waals surface area contributed by atoms with Crippen LogP contribution in [0, 0.1) is 6.92 Å². The van der Waals surface area contributed by atoms with E-state index in [1.807, 2.05) is 19.2 Å². The smallest absolute Gasteiger partial charge is 0.194 e. The summed E-state index contributed by atoms with van der Waals surface area (Å²) in [6.07, 6.45) is 1.62. The molecule has 0 saturated carbocycles. The van der Waals surface area contributed by atoms with Crippen LogP contribution in [0.5, 0.6) is 5.75 Å². The van der Waals surface area contributed by atoms with Crippen LogP contribution < -0.4 is 10.1 Å². The number of benzene rings is 1. The van der Waals surface area contributed by atoms with Gasteiger partial charge in [0.1, 0.15) is 12.0 Å². The monoisotopic (exact) mass is 357 g/mol. The van der Waals surface area contributed by atoms with E-state index in [-0.39, 0.29) is 0 Å². The fourth-order valence-corrected chi connectivity index (χ4v) is 3.22. The number of aryl methyl sites for hydroxylation is 1. The van der Waals surface area contributed by atoms with Crippen LogP contribution in [-0.4, -0.2) is 61.3 Å². The summed E-state index contributed by atoms with van der Waals surface area (Å²) in [6.45, 7) is 7.47. The van der Waals surface area contributed by atoms with Crippen molar-refractivity contribution in [3.05, 3.63) is 47.3 Å². The van der Waals surface area contributed by atoms with Crippen LogP contribution in [0.2, 0.25) is 0 Å². The second-order valence-electron chi connectivity index (χ2n) is 6.51. The minimum atomic E-state index is 0.726. The summed E-state index contributed by atoms with van der Waals surface area (Å²) in [6, 6.07) is 8.18. The molecule has 1 fully saturated rings. The number of guanidine groups is 1. The van der Waals surface area contributed by atoms with Gasteiger partial charge in [0.15, 0.2) is 5.96 Å². The zero-order chi connectivity index (χ0) is 18.4. The Balaban J connectivity index is 1.51. The van der Waals surface area contributed by atoms with Crippen molar-refractivity contribution >= 4 is 5.96 Å². The predicted octanol–water partition coefficient (Wildman–Crippen LogP) is 1.88. The molecule has 0 unspecified atom stereocenters. The molecule has 2 aromatic rings. The first kappa shape index (κ1) is 18.3. The molecule has 26 heavy (non-hydrogen) atoms. The van der Waals surface area contributed by atoms with Crippen molar-refractivity contribution < 1.29 is 9.26 Å². The normalized spacial score (nSPS) is 16.0. The van der Waals surface area contributed by atoms with Gasteiger partial charge in [0, 0.05) is 52.4 Å². The third kappa shape index (κ3) is 4.76. The van der Waals surface area contributed by atoms with Crippen molar-refractivity contribution in [3.8, 4) is 5.75 Å². The molecule has 0 aliphatic carbocycles. The van der Waals surface area contributed by atoms with Gasteiger partial charge in [-0.1, -0.05) is 11.2 Å². The molecule has 0 bridgehead atoms. The van der Waals surface area contributed by atoms with Crippen molar-refractivity contribution in [3.63, 3.8) is 0 Å². The average Bonchev–Trinajstić information content (AvgIpc) is 3.16. The number of hydrogen-bond acceptors (Lipinski definition) is 5. The number of ether oxygens (including phenoxy) is 1. The third-order valence-corrected chi connectivity index (χ3v) is 4.56. The predicted molar refractivity (Wildman–Crippen MR) is 101 cm³/mol. The second-order valence-corrected chi connectivity index (χ2v) is 6.51. The standard InChI is InChI=1S/C19H27N5O2/c1-15-10-16(12-18(11-15)25-3)13-21-19(20-2)24-7-5-23(6-8-24)14-17-4-9-26-22-17/h4,9-12H,5-8,13-14H2,1-3H3,(H,20,21). The highest BCUT2D eigenvalue weighted by atomic mass is 16.5. The van der Waals surface area contributed by atoms with Gasteiger partial charge in [0.2, 0.25) is 0 Å². The maximum Gasteiger partial charge on any atom is 0.194 e. The SMILES string of the molecule is CN=C(NCc1cc(C)cc(OC)c1)N1CCN(Cc2ccon2)CC1. The molecule has 0 atom stereocenters. The summed E-state index contributed by atoms with van der Waals surface area (Å²) >= 11 is 0. The number of aromatic nitrogens is 1. The second kappa shape index (κ2) is 8.71. The topological polar surface area (TPSA) is 66.1 Å². The fourth-order valence-electron chi connectivity index (χ4n) is 3.22. The molecule has 0 amide bonds. The molecule has 1 aromatic carbocycles. The molecule has 0 radical (unpaired) electrons. The van der Waals surface area contributed by atoms with E-state index in [1.165, 1.54) is 11.1 Å². The van der Waals surface area contributed by atoms with Crippen molar-refractivity contribution in [1.29, 1.82) is 0 Å². The largest absolute Gasteiger partial charge is 0.497 e. The summed E-state index contributed by atoms with van der Waals surface area (Å²) in [5.74, 6) is 1.82. The minimum Gasteiger partial charge on any atom is -0.497 e. The van der Waals surface area contributed by atoms with Crippen LogP contribution in [0.3, 0.4) is 0 Å². The maximum atomic E-state index is 5.35. The Morgan fingerprint density at radius 3 is 2.73 bits per heavy atom. The van der Waals surface area contributed by atoms with Crippen LogP contribution in [0.1, 0.15) is 16.8 Å². The summed E-state index contributed by atoms with van der Waals surface area (Å²) in [4.78, 5) is 9.13. The van der Waals surface area contributed by atoms with Crippen LogP contribution in [0.15, 0.2) is 40.0 Å². The molecule has 0 spiro atoms. The molecule has 1 saturated heterocycles. The van der Waals surface area contributed by atoms with Crippen LogP contribution in [-0.2, 0) is 13.1 Å². The van der Waals surface area contributed by atoms with Gasteiger partial charge in [-0.3, -0.25) is 9.89 Å². The average molecular weight is 357 g/mol. The maximum absolute atomic E-state index is 5.35. The van der Waals surface area contributed by atoms with E-state index in [2.05, 4.69) is 44.3 Å². The molecule has 2 heterocycles. The van der Waals surface area contributed by atoms with Gasteiger partial charge in [-0.25, -0.2) is 0 Å². The summed E-state index contributed by atoms with van der Waals surface area (Å²) in [5, 5.41) is 7.46. The third-order valence-electron chi connectivity index (χ3n) is 4.56. The van der Waals surface area contributed by atoms with Gasteiger partial charge in [0.25, 0.3) is 0 Å². The van der Waals surface area contributed by atoms with Crippen molar-refractivity contribution in [2.24, 2.45) is 4.99 Å². The van der Waals surface area contributed by atoms with Crippen molar-refractivity contribution in [2.45, 2.75) is 20.0 Å². The molecule has 140 valence electrons. The molecule has 1 aliphatic rings. The van der Waals surface area contributed by atoms with Gasteiger partial charge in [-0.2, -0.15) is 0 Å². The summed E-state index contributed by atoms with van der Waals surface area (Å²) in [5.41, 5.74) is 3.36. The van der Waals surface area contributed by atoms with E-state index in [0.29, 0.717) is 0 Å². The lowest BCUT2D eigenvalue weighted by Crippen LogP contribution is -2.52. The molecule has 7 heteroatoms. The summed E-state index contributed by atoms with van der Waals surface area (Å²) in [7, 11) is 3.53. The molecule has 7 nitrogen and oxygen atoms in total. The first-order valence-electron chi connectivity index (χ1n) is 8.89. The Kier molecular flexibility index (Phi) is 6.12. The quantitative estimate of drug-likeness (QED) is 0.651. The van der Waals surface area contributed by atoms with Crippen LogP contribution in [0.4, 0.5) is 0 Å². The van der Waals surface area contributed by atoms with E-state index in [4.69, 9.17) is 9.26 Å². The first-order chi connectivity index (χ1) is 12.7. The van der Waals surface area contributed by atoms with Crippen molar-refractivity contribution in [1.82, 2.24) is 20.3 Å². The lowest BCUT2D eigenvalue weighted by Gasteiger charge is -2.36.